The first-order chi connectivity index (χ1) is 8.75. The second-order valence-corrected chi connectivity index (χ2v) is 5.54. The van der Waals surface area contributed by atoms with Crippen molar-refractivity contribution in [1.29, 1.82) is 0 Å². The highest BCUT2D eigenvalue weighted by molar-refractivity contribution is 5.73. The number of carbonyl (C=O) groups excluding carboxylic acids is 1. The Kier molecular flexibility index (Phi) is 3.10. The largest absolute Gasteiger partial charge is 0.338 e. The van der Waals surface area contributed by atoms with Crippen LogP contribution in [0.2, 0.25) is 0 Å². The number of hydrogen-bond donors (Lipinski definition) is 0. The van der Waals surface area contributed by atoms with Crippen molar-refractivity contribution in [2.45, 2.75) is 58.0 Å². The summed E-state index contributed by atoms with van der Waals surface area (Å²) >= 11 is 0. The first kappa shape index (κ1) is 11.8. The lowest BCUT2D eigenvalue weighted by Gasteiger charge is -2.29. The fraction of sp³-hybridized carbons (Fsp3) is 0.714. The van der Waals surface area contributed by atoms with Crippen LogP contribution < -0.4 is 0 Å². The van der Waals surface area contributed by atoms with Gasteiger partial charge in [0.2, 0.25) is 5.91 Å². The standard InChI is InChI=1S/C14H21N3O/c1-11(18)16-8-7-14-12(10-16)9-15-17(14)13-5-3-2-4-6-13/h9,13H,2-8,10H2,1H3. The van der Waals surface area contributed by atoms with Gasteiger partial charge in [0.05, 0.1) is 12.2 Å². The summed E-state index contributed by atoms with van der Waals surface area (Å²) in [6.45, 7) is 3.24. The van der Waals surface area contributed by atoms with Crippen molar-refractivity contribution >= 4 is 5.91 Å². The maximum atomic E-state index is 11.4. The van der Waals surface area contributed by atoms with E-state index >= 15 is 0 Å². The molecular weight excluding hydrogens is 226 g/mol. The molecule has 0 radical (unpaired) electrons. The van der Waals surface area contributed by atoms with Crippen LogP contribution >= 0.6 is 0 Å². The van der Waals surface area contributed by atoms with Gasteiger partial charge >= 0.3 is 0 Å². The third kappa shape index (κ3) is 2.04. The molecule has 1 amide bonds. The number of nitrogens with zero attached hydrogens (tertiary/aromatic N) is 3. The Morgan fingerprint density at radius 1 is 1.33 bits per heavy atom. The average Bonchev–Trinajstić information content (AvgIpc) is 2.82. The molecule has 1 aliphatic carbocycles. The van der Waals surface area contributed by atoms with E-state index in [9.17, 15) is 4.79 Å². The van der Waals surface area contributed by atoms with Gasteiger partial charge in [-0.3, -0.25) is 9.48 Å². The molecule has 1 fully saturated rings. The Balaban J connectivity index is 1.81. The molecule has 3 rings (SSSR count). The van der Waals surface area contributed by atoms with Gasteiger partial charge in [0.1, 0.15) is 0 Å². The number of carbonyl (C=O) groups is 1. The maximum absolute atomic E-state index is 11.4. The lowest BCUT2D eigenvalue weighted by atomic mass is 9.95. The van der Waals surface area contributed by atoms with E-state index < -0.39 is 0 Å². The molecule has 0 atom stereocenters. The van der Waals surface area contributed by atoms with Crippen molar-refractivity contribution < 1.29 is 4.79 Å². The second-order valence-electron chi connectivity index (χ2n) is 5.54. The van der Waals surface area contributed by atoms with E-state index in [0.29, 0.717) is 6.04 Å². The number of aromatic nitrogens is 2. The minimum atomic E-state index is 0.172. The smallest absolute Gasteiger partial charge is 0.219 e. The molecular formula is C14H21N3O. The minimum absolute atomic E-state index is 0.172. The third-order valence-corrected chi connectivity index (χ3v) is 4.33. The Labute approximate surface area is 108 Å². The maximum Gasteiger partial charge on any atom is 0.219 e. The summed E-state index contributed by atoms with van der Waals surface area (Å²) in [6, 6.07) is 0.603. The molecule has 1 aliphatic heterocycles. The SMILES string of the molecule is CC(=O)N1CCc2c(cnn2C2CCCCC2)C1. The van der Waals surface area contributed by atoms with Gasteiger partial charge in [-0.2, -0.15) is 5.10 Å². The van der Waals surface area contributed by atoms with Crippen LogP contribution in [0.15, 0.2) is 6.20 Å². The van der Waals surface area contributed by atoms with Gasteiger partial charge in [0.25, 0.3) is 0 Å². The Hall–Kier alpha value is -1.32. The monoisotopic (exact) mass is 247 g/mol. The van der Waals surface area contributed by atoms with Crippen molar-refractivity contribution in [3.05, 3.63) is 17.5 Å². The van der Waals surface area contributed by atoms with E-state index in [2.05, 4.69) is 9.78 Å². The lowest BCUT2D eigenvalue weighted by Crippen LogP contribution is -2.35. The van der Waals surface area contributed by atoms with Gasteiger partial charge < -0.3 is 4.90 Å². The summed E-state index contributed by atoms with van der Waals surface area (Å²) in [7, 11) is 0. The van der Waals surface area contributed by atoms with E-state index in [0.717, 1.165) is 19.5 Å². The Bertz CT molecular complexity index is 446. The first-order valence-electron chi connectivity index (χ1n) is 7.06. The fourth-order valence-electron chi connectivity index (χ4n) is 3.27. The summed E-state index contributed by atoms with van der Waals surface area (Å²) in [5.74, 6) is 0.172. The molecule has 2 aliphatic rings. The Morgan fingerprint density at radius 2 is 2.11 bits per heavy atom. The Morgan fingerprint density at radius 3 is 2.83 bits per heavy atom. The van der Waals surface area contributed by atoms with Gasteiger partial charge in [-0.05, 0) is 12.8 Å². The molecule has 1 saturated carbocycles. The third-order valence-electron chi connectivity index (χ3n) is 4.33. The van der Waals surface area contributed by atoms with Gasteiger partial charge in [-0.25, -0.2) is 0 Å². The lowest BCUT2D eigenvalue weighted by molar-refractivity contribution is -0.129. The van der Waals surface area contributed by atoms with Gasteiger partial charge in [0, 0.05) is 37.7 Å². The minimum Gasteiger partial charge on any atom is -0.338 e. The predicted octanol–water partition coefficient (Wildman–Crippen LogP) is 2.29. The number of hydrogen-bond acceptors (Lipinski definition) is 2. The molecule has 0 unspecified atom stereocenters. The van der Waals surface area contributed by atoms with Crippen LogP contribution in [0.4, 0.5) is 0 Å². The van der Waals surface area contributed by atoms with Crippen molar-refractivity contribution in [3.63, 3.8) is 0 Å². The molecule has 0 N–H and O–H groups in total. The molecule has 0 bridgehead atoms. The summed E-state index contributed by atoms with van der Waals surface area (Å²) in [5.41, 5.74) is 2.63. The van der Waals surface area contributed by atoms with Crippen LogP contribution in [0.25, 0.3) is 0 Å². The molecule has 98 valence electrons. The van der Waals surface area contributed by atoms with Gasteiger partial charge in [0.15, 0.2) is 0 Å². The van der Waals surface area contributed by atoms with Crippen LogP contribution in [0.5, 0.6) is 0 Å². The molecule has 2 heterocycles. The van der Waals surface area contributed by atoms with Crippen LogP contribution in [0.1, 0.15) is 56.3 Å². The second kappa shape index (κ2) is 4.75. The van der Waals surface area contributed by atoms with Gasteiger partial charge in [-0.1, -0.05) is 19.3 Å². The average molecular weight is 247 g/mol. The number of fused-ring (bicyclic) bond motifs is 1. The van der Waals surface area contributed by atoms with Gasteiger partial charge in [-0.15, -0.1) is 0 Å². The van der Waals surface area contributed by atoms with Crippen LogP contribution in [-0.4, -0.2) is 27.1 Å². The summed E-state index contributed by atoms with van der Waals surface area (Å²) in [6.07, 6.45) is 9.51. The van der Waals surface area contributed by atoms with Crippen LogP contribution in [-0.2, 0) is 17.8 Å². The zero-order valence-corrected chi connectivity index (χ0v) is 11.1. The molecule has 4 nitrogen and oxygen atoms in total. The van der Waals surface area contributed by atoms with E-state index in [1.807, 2.05) is 11.1 Å². The normalized spacial score (nSPS) is 20.8. The first-order valence-corrected chi connectivity index (χ1v) is 7.06. The molecule has 1 aromatic rings. The molecule has 1 aromatic heterocycles. The topological polar surface area (TPSA) is 38.1 Å². The molecule has 0 aromatic carbocycles. The highest BCUT2D eigenvalue weighted by atomic mass is 16.2. The molecule has 18 heavy (non-hydrogen) atoms. The van der Waals surface area contributed by atoms with Crippen molar-refractivity contribution in [2.24, 2.45) is 0 Å². The van der Waals surface area contributed by atoms with Crippen molar-refractivity contribution in [1.82, 2.24) is 14.7 Å². The highest BCUT2D eigenvalue weighted by Crippen LogP contribution is 2.31. The summed E-state index contributed by atoms with van der Waals surface area (Å²) in [5, 5.41) is 4.59. The molecule has 0 spiro atoms. The highest BCUT2D eigenvalue weighted by Gasteiger charge is 2.25. The van der Waals surface area contributed by atoms with E-state index in [1.165, 1.54) is 43.4 Å². The fourth-order valence-corrected chi connectivity index (χ4v) is 3.27. The van der Waals surface area contributed by atoms with E-state index in [-0.39, 0.29) is 5.91 Å². The zero-order valence-electron chi connectivity index (χ0n) is 11.1. The zero-order chi connectivity index (χ0) is 12.5. The quantitative estimate of drug-likeness (QED) is 0.763. The van der Waals surface area contributed by atoms with Crippen LogP contribution in [0.3, 0.4) is 0 Å². The number of rotatable bonds is 1. The predicted molar refractivity (Wildman–Crippen MR) is 69.1 cm³/mol. The number of amides is 1. The molecule has 0 saturated heterocycles. The van der Waals surface area contributed by atoms with Crippen molar-refractivity contribution in [2.75, 3.05) is 6.54 Å². The van der Waals surface area contributed by atoms with E-state index in [1.54, 1.807) is 6.92 Å². The van der Waals surface area contributed by atoms with Crippen LogP contribution in [0, 0.1) is 0 Å². The summed E-state index contributed by atoms with van der Waals surface area (Å²) in [4.78, 5) is 13.3. The van der Waals surface area contributed by atoms with Crippen molar-refractivity contribution in [3.8, 4) is 0 Å². The summed E-state index contributed by atoms with van der Waals surface area (Å²) < 4.78 is 2.26. The molecule has 4 heteroatoms. The van der Waals surface area contributed by atoms with E-state index in [4.69, 9.17) is 0 Å².